The van der Waals surface area contributed by atoms with E-state index in [4.69, 9.17) is 21.4 Å². The van der Waals surface area contributed by atoms with E-state index in [1.165, 1.54) is 4.68 Å². The molecule has 0 spiro atoms. The summed E-state index contributed by atoms with van der Waals surface area (Å²) >= 11 is 6.20. The van der Waals surface area contributed by atoms with Gasteiger partial charge in [0.05, 0.1) is 6.42 Å². The summed E-state index contributed by atoms with van der Waals surface area (Å²) in [5.74, 6) is 0.0750. The molecule has 0 bridgehead atoms. The molecule has 35 heavy (non-hydrogen) atoms. The Bertz CT molecular complexity index is 1350. The molecule has 1 unspecified atom stereocenters. The number of hydrogen-bond donors (Lipinski definition) is 2. The summed E-state index contributed by atoms with van der Waals surface area (Å²) in [6.07, 6.45) is -1.23. The number of amides is 1. The van der Waals surface area contributed by atoms with E-state index in [0.717, 1.165) is 22.3 Å². The molecule has 9 heteroatoms. The standard InChI is InChI=1S/C26H23ClN4O4/c1-16(22-5-3-4-6-23(22)27)35-26(34)30-31-17(2)28-29-25(31)21-13-11-20(12-14-21)19-9-7-18(8-10-19)15-24(32)33/h3-14,16H,15H2,1-2H3,(H,30,34)(H,32,33). The van der Waals surface area contributed by atoms with E-state index in [1.54, 1.807) is 38.1 Å². The van der Waals surface area contributed by atoms with Crippen molar-refractivity contribution >= 4 is 23.7 Å². The fourth-order valence-electron chi connectivity index (χ4n) is 3.63. The maximum absolute atomic E-state index is 12.6. The third-order valence-electron chi connectivity index (χ3n) is 5.44. The predicted molar refractivity (Wildman–Crippen MR) is 133 cm³/mol. The molecular formula is C26H23ClN4O4. The van der Waals surface area contributed by atoms with Gasteiger partial charge in [-0.15, -0.1) is 10.2 Å². The van der Waals surface area contributed by atoms with Crippen LogP contribution >= 0.6 is 11.6 Å². The molecule has 2 N–H and O–H groups in total. The predicted octanol–water partition coefficient (Wildman–Crippen LogP) is 5.64. The van der Waals surface area contributed by atoms with Gasteiger partial charge < -0.3 is 9.84 Å². The van der Waals surface area contributed by atoms with Crippen molar-refractivity contribution in [1.82, 2.24) is 14.9 Å². The normalized spacial score (nSPS) is 11.6. The number of aromatic nitrogens is 3. The highest BCUT2D eigenvalue weighted by Gasteiger charge is 2.18. The number of aliphatic carboxylic acids is 1. The first-order valence-electron chi connectivity index (χ1n) is 10.9. The van der Waals surface area contributed by atoms with Crippen molar-refractivity contribution in [2.45, 2.75) is 26.4 Å². The minimum absolute atomic E-state index is 0.0131. The van der Waals surface area contributed by atoms with Crippen LogP contribution in [0.1, 0.15) is 30.0 Å². The molecule has 0 saturated heterocycles. The maximum atomic E-state index is 12.6. The number of carbonyl (C=O) groups excluding carboxylic acids is 1. The molecule has 0 saturated carbocycles. The van der Waals surface area contributed by atoms with Crippen LogP contribution in [0.2, 0.25) is 5.02 Å². The highest BCUT2D eigenvalue weighted by atomic mass is 35.5. The van der Waals surface area contributed by atoms with Gasteiger partial charge in [-0.2, -0.15) is 0 Å². The second-order valence-electron chi connectivity index (χ2n) is 7.93. The van der Waals surface area contributed by atoms with Crippen LogP contribution in [0.25, 0.3) is 22.5 Å². The van der Waals surface area contributed by atoms with E-state index < -0.39 is 18.2 Å². The minimum atomic E-state index is -0.864. The van der Waals surface area contributed by atoms with Gasteiger partial charge in [0.2, 0.25) is 0 Å². The van der Waals surface area contributed by atoms with Gasteiger partial charge in [0.1, 0.15) is 11.9 Å². The molecule has 1 amide bonds. The molecule has 0 aliphatic rings. The third-order valence-corrected chi connectivity index (χ3v) is 5.78. The molecule has 4 aromatic rings. The molecule has 8 nitrogen and oxygen atoms in total. The Morgan fingerprint density at radius 2 is 1.57 bits per heavy atom. The fourth-order valence-corrected chi connectivity index (χ4v) is 3.92. The minimum Gasteiger partial charge on any atom is -0.481 e. The molecule has 178 valence electrons. The number of rotatable bonds is 7. The van der Waals surface area contributed by atoms with Crippen molar-refractivity contribution in [2.75, 3.05) is 5.43 Å². The zero-order chi connectivity index (χ0) is 24.9. The first-order chi connectivity index (χ1) is 16.8. The molecule has 1 heterocycles. The van der Waals surface area contributed by atoms with E-state index in [9.17, 15) is 9.59 Å². The number of aryl methyl sites for hydroxylation is 1. The number of benzene rings is 3. The molecule has 1 atom stereocenters. The van der Waals surface area contributed by atoms with Crippen molar-refractivity contribution < 1.29 is 19.4 Å². The van der Waals surface area contributed by atoms with Gasteiger partial charge in [0.15, 0.2) is 5.82 Å². The second-order valence-corrected chi connectivity index (χ2v) is 8.34. The van der Waals surface area contributed by atoms with Gasteiger partial charge in [-0.3, -0.25) is 4.79 Å². The van der Waals surface area contributed by atoms with Crippen LogP contribution in [0.4, 0.5) is 4.79 Å². The van der Waals surface area contributed by atoms with Crippen molar-refractivity contribution in [1.29, 1.82) is 0 Å². The van der Waals surface area contributed by atoms with Gasteiger partial charge in [-0.1, -0.05) is 78.3 Å². The smallest absolute Gasteiger partial charge is 0.427 e. The zero-order valence-corrected chi connectivity index (χ0v) is 19.9. The Morgan fingerprint density at radius 3 is 2.20 bits per heavy atom. The molecule has 4 rings (SSSR count). The number of ether oxygens (including phenoxy) is 1. The van der Waals surface area contributed by atoms with Crippen LogP contribution in [0.15, 0.2) is 72.8 Å². The van der Waals surface area contributed by atoms with Gasteiger partial charge in [-0.05, 0) is 36.6 Å². The number of hydrogen-bond acceptors (Lipinski definition) is 5. The van der Waals surface area contributed by atoms with Gasteiger partial charge in [0, 0.05) is 16.1 Å². The summed E-state index contributed by atoms with van der Waals surface area (Å²) in [4.78, 5) is 23.5. The van der Waals surface area contributed by atoms with Crippen LogP contribution in [0.5, 0.6) is 0 Å². The summed E-state index contributed by atoms with van der Waals surface area (Å²) in [6.45, 7) is 3.47. The van der Waals surface area contributed by atoms with Crippen LogP contribution in [0, 0.1) is 6.92 Å². The number of nitrogens with zero attached hydrogens (tertiary/aromatic N) is 3. The summed E-state index contributed by atoms with van der Waals surface area (Å²) in [6, 6.07) is 22.2. The lowest BCUT2D eigenvalue weighted by Gasteiger charge is -2.16. The average Bonchev–Trinajstić information content (AvgIpc) is 3.19. The molecule has 3 aromatic carbocycles. The Labute approximate surface area is 207 Å². The number of carboxylic acids is 1. The largest absolute Gasteiger partial charge is 0.481 e. The first-order valence-corrected chi connectivity index (χ1v) is 11.2. The lowest BCUT2D eigenvalue weighted by molar-refractivity contribution is -0.136. The lowest BCUT2D eigenvalue weighted by Crippen LogP contribution is -2.26. The Balaban J connectivity index is 1.48. The number of carbonyl (C=O) groups is 2. The SMILES string of the molecule is Cc1nnc(-c2ccc(-c3ccc(CC(=O)O)cc3)cc2)n1NC(=O)OC(C)c1ccccc1Cl. The summed E-state index contributed by atoms with van der Waals surface area (Å²) in [5, 5.41) is 17.7. The van der Waals surface area contributed by atoms with Crippen molar-refractivity contribution in [3.8, 4) is 22.5 Å². The molecular weight excluding hydrogens is 468 g/mol. The number of halogens is 1. The third kappa shape index (κ3) is 5.67. The van der Waals surface area contributed by atoms with E-state index in [1.807, 2.05) is 48.5 Å². The molecule has 1 aromatic heterocycles. The molecule has 0 aliphatic heterocycles. The van der Waals surface area contributed by atoms with Gasteiger partial charge in [0.25, 0.3) is 0 Å². The van der Waals surface area contributed by atoms with Crippen LogP contribution in [-0.4, -0.2) is 32.0 Å². The Morgan fingerprint density at radius 1 is 0.971 bits per heavy atom. The van der Waals surface area contributed by atoms with Gasteiger partial charge in [-0.25, -0.2) is 14.9 Å². The highest BCUT2D eigenvalue weighted by Crippen LogP contribution is 2.26. The summed E-state index contributed by atoms with van der Waals surface area (Å²) in [5.41, 5.74) is 6.79. The fraction of sp³-hybridized carbons (Fsp3) is 0.154. The van der Waals surface area contributed by atoms with Crippen molar-refractivity contribution in [2.24, 2.45) is 0 Å². The van der Waals surface area contributed by atoms with Crippen molar-refractivity contribution in [3.05, 3.63) is 94.8 Å². The summed E-state index contributed by atoms with van der Waals surface area (Å²) in [7, 11) is 0. The molecule has 0 radical (unpaired) electrons. The molecule has 0 fully saturated rings. The van der Waals surface area contributed by atoms with Crippen LogP contribution < -0.4 is 5.43 Å². The van der Waals surface area contributed by atoms with E-state index >= 15 is 0 Å². The first kappa shape index (κ1) is 24.0. The number of nitrogens with one attached hydrogen (secondary N) is 1. The highest BCUT2D eigenvalue weighted by molar-refractivity contribution is 6.31. The molecule has 0 aliphatic carbocycles. The zero-order valence-electron chi connectivity index (χ0n) is 19.1. The topological polar surface area (TPSA) is 106 Å². The summed E-state index contributed by atoms with van der Waals surface area (Å²) < 4.78 is 6.97. The Kier molecular flexibility index (Phi) is 7.12. The van der Waals surface area contributed by atoms with Gasteiger partial charge >= 0.3 is 12.1 Å². The van der Waals surface area contributed by atoms with E-state index in [-0.39, 0.29) is 6.42 Å². The van der Waals surface area contributed by atoms with E-state index in [0.29, 0.717) is 22.2 Å². The lowest BCUT2D eigenvalue weighted by atomic mass is 10.0. The monoisotopic (exact) mass is 490 g/mol. The van der Waals surface area contributed by atoms with E-state index in [2.05, 4.69) is 15.6 Å². The quantitative estimate of drug-likeness (QED) is 0.347. The average molecular weight is 491 g/mol. The number of carboxylic acid groups (broad SMARTS) is 1. The maximum Gasteiger partial charge on any atom is 0.427 e. The van der Waals surface area contributed by atoms with Crippen LogP contribution in [-0.2, 0) is 16.0 Å². The van der Waals surface area contributed by atoms with Crippen molar-refractivity contribution in [3.63, 3.8) is 0 Å². The Hall–Kier alpha value is -4.17. The van der Waals surface area contributed by atoms with Crippen LogP contribution in [0.3, 0.4) is 0 Å². The second kappa shape index (κ2) is 10.4.